The van der Waals surface area contributed by atoms with E-state index in [1.165, 1.54) is 11.3 Å². The van der Waals surface area contributed by atoms with Crippen LogP contribution in [0.15, 0.2) is 23.8 Å². The maximum Gasteiger partial charge on any atom is 0.205 e. The van der Waals surface area contributed by atoms with Gasteiger partial charge in [0.25, 0.3) is 0 Å². The highest BCUT2D eigenvalue weighted by molar-refractivity contribution is 7.13. The van der Waals surface area contributed by atoms with Gasteiger partial charge in [-0.05, 0) is 6.07 Å². The third kappa shape index (κ3) is 2.18. The van der Waals surface area contributed by atoms with Crippen LogP contribution in [-0.4, -0.2) is 15.2 Å². The molecule has 0 aromatic carbocycles. The monoisotopic (exact) mass is 226 g/mol. The largest absolute Gasteiger partial charge is 0.356 e. The number of aromatic nitrogens is 3. The van der Waals surface area contributed by atoms with Crippen LogP contribution in [0.2, 0.25) is 5.15 Å². The second-order valence-corrected chi connectivity index (χ2v) is 3.74. The first kappa shape index (κ1) is 9.36. The van der Waals surface area contributed by atoms with Crippen molar-refractivity contribution in [1.29, 1.82) is 0 Å². The van der Waals surface area contributed by atoms with Crippen LogP contribution >= 0.6 is 22.9 Å². The Morgan fingerprint density at radius 1 is 1.50 bits per heavy atom. The maximum absolute atomic E-state index is 5.88. The molecule has 0 atom stereocenters. The summed E-state index contributed by atoms with van der Waals surface area (Å²) in [6.07, 6.45) is 1.66. The summed E-state index contributed by atoms with van der Waals surface area (Å²) in [5.74, 6) is 0. The van der Waals surface area contributed by atoms with Crippen LogP contribution in [-0.2, 0) is 6.54 Å². The topological polar surface area (TPSA) is 50.7 Å². The van der Waals surface area contributed by atoms with Gasteiger partial charge in [-0.25, -0.2) is 4.98 Å². The molecule has 0 amide bonds. The molecule has 0 spiro atoms. The van der Waals surface area contributed by atoms with Crippen molar-refractivity contribution in [2.24, 2.45) is 0 Å². The molecule has 0 radical (unpaired) electrons. The van der Waals surface area contributed by atoms with E-state index in [0.29, 0.717) is 11.7 Å². The van der Waals surface area contributed by atoms with E-state index in [0.717, 1.165) is 10.7 Å². The van der Waals surface area contributed by atoms with Gasteiger partial charge in [-0.15, -0.1) is 10.2 Å². The lowest BCUT2D eigenvalue weighted by Gasteiger charge is -2.02. The van der Waals surface area contributed by atoms with E-state index in [4.69, 9.17) is 11.6 Å². The predicted molar refractivity (Wildman–Crippen MR) is 56.5 cm³/mol. The number of rotatable bonds is 3. The van der Waals surface area contributed by atoms with Gasteiger partial charge in [0.2, 0.25) is 5.13 Å². The molecule has 2 aromatic heterocycles. The normalized spacial score (nSPS) is 10.1. The first-order valence-corrected chi connectivity index (χ1v) is 5.21. The Hall–Kier alpha value is -1.20. The standard InChI is InChI=1S/C8H7ClN4S/c9-7-6(2-1-3-10-7)4-11-8-13-12-5-14-8/h1-3,5H,4H2,(H,11,13). The fraction of sp³-hybridized carbons (Fsp3) is 0.125. The van der Waals surface area contributed by atoms with Gasteiger partial charge in [0.1, 0.15) is 10.7 Å². The van der Waals surface area contributed by atoms with E-state index in [9.17, 15) is 0 Å². The summed E-state index contributed by atoms with van der Waals surface area (Å²) in [6.45, 7) is 0.613. The zero-order valence-corrected chi connectivity index (χ0v) is 8.72. The minimum atomic E-state index is 0.518. The van der Waals surface area contributed by atoms with Crippen molar-refractivity contribution >= 4 is 28.1 Å². The fourth-order valence-electron chi connectivity index (χ4n) is 0.972. The molecule has 4 nitrogen and oxygen atoms in total. The Morgan fingerprint density at radius 2 is 2.43 bits per heavy atom. The van der Waals surface area contributed by atoms with E-state index in [1.807, 2.05) is 12.1 Å². The molecule has 0 fully saturated rings. The zero-order valence-electron chi connectivity index (χ0n) is 7.14. The lowest BCUT2D eigenvalue weighted by Crippen LogP contribution is -2.00. The van der Waals surface area contributed by atoms with Crippen molar-refractivity contribution in [2.45, 2.75) is 6.54 Å². The zero-order chi connectivity index (χ0) is 9.80. The number of nitrogens with one attached hydrogen (secondary N) is 1. The Balaban J connectivity index is 2.02. The summed E-state index contributed by atoms with van der Waals surface area (Å²) in [5.41, 5.74) is 2.62. The number of pyridine rings is 1. The van der Waals surface area contributed by atoms with Crippen molar-refractivity contribution in [3.05, 3.63) is 34.6 Å². The van der Waals surface area contributed by atoms with Gasteiger partial charge in [0.05, 0.1) is 0 Å². The van der Waals surface area contributed by atoms with Crippen LogP contribution in [0.1, 0.15) is 5.56 Å². The van der Waals surface area contributed by atoms with Gasteiger partial charge in [-0.1, -0.05) is 29.0 Å². The second kappa shape index (κ2) is 4.34. The molecule has 0 saturated carbocycles. The Kier molecular flexibility index (Phi) is 2.90. The van der Waals surface area contributed by atoms with Gasteiger partial charge >= 0.3 is 0 Å². The highest BCUT2D eigenvalue weighted by Gasteiger charge is 2.00. The number of nitrogens with zero attached hydrogens (tertiary/aromatic N) is 3. The molecule has 2 heterocycles. The molecule has 0 bridgehead atoms. The van der Waals surface area contributed by atoms with E-state index in [-0.39, 0.29) is 0 Å². The number of hydrogen-bond donors (Lipinski definition) is 1. The summed E-state index contributed by atoms with van der Waals surface area (Å²) in [7, 11) is 0. The highest BCUT2D eigenvalue weighted by Crippen LogP contribution is 2.14. The number of halogens is 1. The smallest absolute Gasteiger partial charge is 0.205 e. The van der Waals surface area contributed by atoms with Crippen LogP contribution < -0.4 is 5.32 Å². The lowest BCUT2D eigenvalue weighted by atomic mass is 10.3. The first-order chi connectivity index (χ1) is 6.86. The molecule has 14 heavy (non-hydrogen) atoms. The van der Waals surface area contributed by atoms with Gasteiger partial charge < -0.3 is 5.32 Å². The Morgan fingerprint density at radius 3 is 3.14 bits per heavy atom. The summed E-state index contributed by atoms with van der Waals surface area (Å²) in [6, 6.07) is 3.77. The molecule has 0 aliphatic carbocycles. The summed E-state index contributed by atoms with van der Waals surface area (Å²) in [5, 5.41) is 12.0. The quantitative estimate of drug-likeness (QED) is 0.816. The van der Waals surface area contributed by atoms with Crippen molar-refractivity contribution in [3.63, 3.8) is 0 Å². The molecule has 2 aromatic rings. The fourth-order valence-corrected chi connectivity index (χ4v) is 1.60. The average Bonchev–Trinajstić information content (AvgIpc) is 2.69. The predicted octanol–water partition coefficient (Wildman–Crippen LogP) is 2.20. The number of anilines is 1. The molecule has 0 aliphatic heterocycles. The Bertz CT molecular complexity index is 403. The SMILES string of the molecule is Clc1ncccc1CNc1nncs1. The van der Waals surface area contributed by atoms with Gasteiger partial charge in [0.15, 0.2) is 0 Å². The molecule has 0 saturated heterocycles. The molecule has 72 valence electrons. The molecule has 0 unspecified atom stereocenters. The van der Waals surface area contributed by atoms with Gasteiger partial charge in [-0.3, -0.25) is 0 Å². The van der Waals surface area contributed by atoms with Gasteiger partial charge in [-0.2, -0.15) is 0 Å². The van der Waals surface area contributed by atoms with Crippen LogP contribution in [0.25, 0.3) is 0 Å². The van der Waals surface area contributed by atoms with Crippen LogP contribution in [0, 0.1) is 0 Å². The van der Waals surface area contributed by atoms with Crippen molar-refractivity contribution < 1.29 is 0 Å². The summed E-state index contributed by atoms with van der Waals surface area (Å²) < 4.78 is 0. The highest BCUT2D eigenvalue weighted by atomic mass is 35.5. The number of hydrogen-bond acceptors (Lipinski definition) is 5. The van der Waals surface area contributed by atoms with Crippen LogP contribution in [0.4, 0.5) is 5.13 Å². The minimum absolute atomic E-state index is 0.518. The summed E-state index contributed by atoms with van der Waals surface area (Å²) >= 11 is 7.33. The molecular weight excluding hydrogens is 220 g/mol. The van der Waals surface area contributed by atoms with E-state index in [1.54, 1.807) is 11.7 Å². The van der Waals surface area contributed by atoms with Crippen LogP contribution in [0.5, 0.6) is 0 Å². The van der Waals surface area contributed by atoms with Crippen molar-refractivity contribution in [2.75, 3.05) is 5.32 Å². The molecule has 2 rings (SSSR count). The lowest BCUT2D eigenvalue weighted by molar-refractivity contribution is 1.04. The molecule has 1 N–H and O–H groups in total. The second-order valence-electron chi connectivity index (χ2n) is 2.55. The first-order valence-electron chi connectivity index (χ1n) is 3.95. The average molecular weight is 227 g/mol. The van der Waals surface area contributed by atoms with Crippen molar-refractivity contribution in [3.8, 4) is 0 Å². The van der Waals surface area contributed by atoms with E-state index >= 15 is 0 Å². The third-order valence-corrected chi connectivity index (χ3v) is 2.62. The molecule has 0 aliphatic rings. The minimum Gasteiger partial charge on any atom is -0.356 e. The van der Waals surface area contributed by atoms with Crippen LogP contribution in [0.3, 0.4) is 0 Å². The molecular formula is C8H7ClN4S. The Labute approximate surface area is 90.0 Å². The third-order valence-electron chi connectivity index (χ3n) is 1.63. The maximum atomic E-state index is 5.88. The summed E-state index contributed by atoms with van der Waals surface area (Å²) in [4.78, 5) is 3.97. The van der Waals surface area contributed by atoms with Crippen molar-refractivity contribution in [1.82, 2.24) is 15.2 Å². The van der Waals surface area contributed by atoms with E-state index < -0.39 is 0 Å². The van der Waals surface area contributed by atoms with E-state index in [2.05, 4.69) is 20.5 Å². The molecule has 6 heteroatoms. The van der Waals surface area contributed by atoms with Gasteiger partial charge in [0, 0.05) is 18.3 Å².